The Morgan fingerprint density at radius 1 is 1.39 bits per heavy atom. The minimum absolute atomic E-state index is 0.608. The summed E-state index contributed by atoms with van der Waals surface area (Å²) in [7, 11) is 2.17. The lowest BCUT2D eigenvalue weighted by molar-refractivity contribution is 0.0561. The topological polar surface area (TPSA) is 35.5 Å². The highest BCUT2D eigenvalue weighted by atomic mass is 16.3. The first-order chi connectivity index (χ1) is 8.58. The third-order valence-corrected chi connectivity index (χ3v) is 3.79. The average Bonchev–Trinajstić information content (AvgIpc) is 2.76. The molecule has 2 rings (SSSR count). The molecule has 0 radical (unpaired) electrons. The van der Waals surface area contributed by atoms with Crippen molar-refractivity contribution in [2.24, 2.45) is 5.92 Å². The number of hydrogen-bond acceptors (Lipinski definition) is 3. The van der Waals surface area contributed by atoms with Crippen LogP contribution in [0.4, 0.5) is 0 Å². The van der Waals surface area contributed by atoms with E-state index in [0.29, 0.717) is 6.54 Å². The molecule has 0 aromatic heterocycles. The van der Waals surface area contributed by atoms with Crippen LogP contribution in [-0.2, 0) is 5.60 Å². The molecule has 100 valence electrons. The zero-order valence-electron chi connectivity index (χ0n) is 11.4. The fourth-order valence-electron chi connectivity index (χ4n) is 2.61. The van der Waals surface area contributed by atoms with Gasteiger partial charge in [-0.1, -0.05) is 30.3 Å². The van der Waals surface area contributed by atoms with E-state index in [-0.39, 0.29) is 0 Å². The largest absolute Gasteiger partial charge is 0.384 e. The van der Waals surface area contributed by atoms with Crippen LogP contribution >= 0.6 is 0 Å². The summed E-state index contributed by atoms with van der Waals surface area (Å²) in [4.78, 5) is 2.36. The Balaban J connectivity index is 1.79. The van der Waals surface area contributed by atoms with Crippen molar-refractivity contribution < 1.29 is 5.11 Å². The molecule has 18 heavy (non-hydrogen) atoms. The van der Waals surface area contributed by atoms with E-state index in [1.165, 1.54) is 19.5 Å². The second kappa shape index (κ2) is 5.83. The summed E-state index contributed by atoms with van der Waals surface area (Å²) in [6.45, 7) is 5.84. The van der Waals surface area contributed by atoms with Crippen molar-refractivity contribution in [3.63, 3.8) is 0 Å². The Bertz CT molecular complexity index is 364. The first-order valence-electron chi connectivity index (χ1n) is 6.75. The minimum atomic E-state index is -0.786. The maximum atomic E-state index is 10.4. The zero-order valence-corrected chi connectivity index (χ0v) is 11.4. The molecule has 0 spiro atoms. The maximum Gasteiger partial charge on any atom is 0.0992 e. The normalized spacial score (nSPS) is 24.1. The van der Waals surface area contributed by atoms with E-state index in [4.69, 9.17) is 0 Å². The highest BCUT2D eigenvalue weighted by molar-refractivity contribution is 5.21. The second-order valence-corrected chi connectivity index (χ2v) is 5.69. The van der Waals surface area contributed by atoms with Gasteiger partial charge in [-0.2, -0.15) is 0 Å². The number of likely N-dealkylation sites (tertiary alicyclic amines) is 1. The highest BCUT2D eigenvalue weighted by Gasteiger charge is 2.24. The monoisotopic (exact) mass is 248 g/mol. The van der Waals surface area contributed by atoms with Gasteiger partial charge in [-0.3, -0.25) is 0 Å². The van der Waals surface area contributed by atoms with Crippen LogP contribution in [0.1, 0.15) is 18.9 Å². The lowest BCUT2D eigenvalue weighted by Gasteiger charge is -2.25. The first kappa shape index (κ1) is 13.5. The van der Waals surface area contributed by atoms with E-state index in [9.17, 15) is 5.11 Å². The van der Waals surface area contributed by atoms with Gasteiger partial charge in [0.2, 0.25) is 0 Å². The van der Waals surface area contributed by atoms with Crippen molar-refractivity contribution in [3.05, 3.63) is 35.9 Å². The van der Waals surface area contributed by atoms with E-state index in [1.807, 2.05) is 37.3 Å². The van der Waals surface area contributed by atoms with Crippen LogP contribution in [0.5, 0.6) is 0 Å². The molecule has 3 nitrogen and oxygen atoms in total. The van der Waals surface area contributed by atoms with E-state index in [1.54, 1.807) is 0 Å². The van der Waals surface area contributed by atoms with Crippen molar-refractivity contribution >= 4 is 0 Å². The molecule has 0 amide bonds. The summed E-state index contributed by atoms with van der Waals surface area (Å²) < 4.78 is 0. The molecule has 1 aliphatic heterocycles. The first-order valence-corrected chi connectivity index (χ1v) is 6.75. The number of hydrogen-bond donors (Lipinski definition) is 2. The Labute approximate surface area is 110 Å². The van der Waals surface area contributed by atoms with Crippen LogP contribution in [0.2, 0.25) is 0 Å². The van der Waals surface area contributed by atoms with Crippen LogP contribution < -0.4 is 5.32 Å². The predicted octanol–water partition coefficient (Wildman–Crippen LogP) is 1.44. The molecule has 1 aromatic rings. The van der Waals surface area contributed by atoms with Gasteiger partial charge < -0.3 is 15.3 Å². The second-order valence-electron chi connectivity index (χ2n) is 5.69. The van der Waals surface area contributed by atoms with Crippen LogP contribution in [0.15, 0.2) is 30.3 Å². The van der Waals surface area contributed by atoms with Gasteiger partial charge in [0.05, 0.1) is 5.60 Å². The summed E-state index contributed by atoms with van der Waals surface area (Å²) in [5.41, 5.74) is 0.187. The summed E-state index contributed by atoms with van der Waals surface area (Å²) >= 11 is 0. The number of nitrogens with zero attached hydrogens (tertiary/aromatic N) is 1. The molecular formula is C15H24N2O. The molecule has 1 fully saturated rings. The highest BCUT2D eigenvalue weighted by Crippen LogP contribution is 2.19. The van der Waals surface area contributed by atoms with E-state index in [2.05, 4.69) is 17.3 Å². The third-order valence-electron chi connectivity index (χ3n) is 3.79. The Hall–Kier alpha value is -0.900. The minimum Gasteiger partial charge on any atom is -0.384 e. The molecule has 2 N–H and O–H groups in total. The van der Waals surface area contributed by atoms with Crippen molar-refractivity contribution in [1.82, 2.24) is 10.2 Å². The molecule has 0 aliphatic carbocycles. The molecule has 2 unspecified atom stereocenters. The SMILES string of the molecule is CN1CCC(CNCC(C)(O)c2ccccc2)C1. The average molecular weight is 248 g/mol. The van der Waals surface area contributed by atoms with Gasteiger partial charge in [-0.05, 0) is 45.0 Å². The summed E-state index contributed by atoms with van der Waals surface area (Å²) in [6, 6.07) is 9.86. The van der Waals surface area contributed by atoms with Crippen LogP contribution in [0, 0.1) is 5.92 Å². The van der Waals surface area contributed by atoms with Gasteiger partial charge in [0.15, 0.2) is 0 Å². The van der Waals surface area contributed by atoms with Crippen molar-refractivity contribution in [1.29, 1.82) is 0 Å². The fourth-order valence-corrected chi connectivity index (χ4v) is 2.61. The van der Waals surface area contributed by atoms with Crippen molar-refractivity contribution in [2.75, 3.05) is 33.2 Å². The lowest BCUT2D eigenvalue weighted by Crippen LogP contribution is -2.38. The number of benzene rings is 1. The molecule has 1 aliphatic rings. The van der Waals surface area contributed by atoms with E-state index >= 15 is 0 Å². The van der Waals surface area contributed by atoms with Crippen molar-refractivity contribution in [2.45, 2.75) is 18.9 Å². The molecule has 3 heteroatoms. The Morgan fingerprint density at radius 3 is 2.72 bits per heavy atom. The van der Waals surface area contributed by atoms with Gasteiger partial charge in [0.1, 0.15) is 0 Å². The van der Waals surface area contributed by atoms with Gasteiger partial charge in [0, 0.05) is 13.1 Å². The van der Waals surface area contributed by atoms with Crippen molar-refractivity contribution in [3.8, 4) is 0 Å². The molecule has 0 saturated carbocycles. The van der Waals surface area contributed by atoms with Crippen LogP contribution in [0.25, 0.3) is 0 Å². The lowest BCUT2D eigenvalue weighted by atomic mass is 9.96. The van der Waals surface area contributed by atoms with Crippen LogP contribution in [-0.4, -0.2) is 43.2 Å². The molecule has 1 heterocycles. The maximum absolute atomic E-state index is 10.4. The summed E-state index contributed by atoms with van der Waals surface area (Å²) in [5.74, 6) is 0.724. The van der Waals surface area contributed by atoms with Gasteiger partial charge in [-0.15, -0.1) is 0 Å². The third kappa shape index (κ3) is 3.55. The molecule has 1 saturated heterocycles. The summed E-state index contributed by atoms with van der Waals surface area (Å²) in [5, 5.41) is 13.8. The predicted molar refractivity (Wildman–Crippen MR) is 74.5 cm³/mol. The summed E-state index contributed by atoms with van der Waals surface area (Å²) in [6.07, 6.45) is 1.26. The smallest absolute Gasteiger partial charge is 0.0992 e. The number of aliphatic hydroxyl groups is 1. The zero-order chi connectivity index (χ0) is 13.0. The quantitative estimate of drug-likeness (QED) is 0.827. The fraction of sp³-hybridized carbons (Fsp3) is 0.600. The van der Waals surface area contributed by atoms with Gasteiger partial charge >= 0.3 is 0 Å². The molecule has 1 aromatic carbocycles. The Kier molecular flexibility index (Phi) is 4.38. The van der Waals surface area contributed by atoms with Crippen LogP contribution in [0.3, 0.4) is 0 Å². The van der Waals surface area contributed by atoms with E-state index in [0.717, 1.165) is 18.0 Å². The number of nitrogens with one attached hydrogen (secondary N) is 1. The standard InChI is InChI=1S/C15H24N2O/c1-15(18,14-6-4-3-5-7-14)12-16-10-13-8-9-17(2)11-13/h3-7,13,16,18H,8-12H2,1-2H3. The molecule has 2 atom stereocenters. The molecule has 0 bridgehead atoms. The van der Waals surface area contributed by atoms with Gasteiger partial charge in [-0.25, -0.2) is 0 Å². The number of rotatable bonds is 5. The van der Waals surface area contributed by atoms with Gasteiger partial charge in [0.25, 0.3) is 0 Å². The molecular weight excluding hydrogens is 224 g/mol. The van der Waals surface area contributed by atoms with E-state index < -0.39 is 5.60 Å². The Morgan fingerprint density at radius 2 is 2.11 bits per heavy atom.